The van der Waals surface area contributed by atoms with Crippen molar-refractivity contribution < 1.29 is 14.3 Å². The quantitative estimate of drug-likeness (QED) is 0.296. The summed E-state index contributed by atoms with van der Waals surface area (Å²) in [5.41, 5.74) is 3.07. The molecule has 0 aliphatic heterocycles. The van der Waals surface area contributed by atoms with Crippen molar-refractivity contribution in [2.24, 2.45) is 0 Å². The standard InChI is InChI=1S/C26H26N2O3S/c1-3-4-16-30-22-14-15-23-24(17-22)32-26(27-23)28-25(29)18(2)31-21-12-10-20(11-13-21)19-8-6-5-7-9-19/h5-15,17-18H,3-4,16H2,1-2H3,(H,27,28,29). The molecule has 1 atom stereocenters. The van der Waals surface area contributed by atoms with Crippen LogP contribution < -0.4 is 14.8 Å². The molecule has 4 aromatic rings. The Morgan fingerprint density at radius 2 is 1.72 bits per heavy atom. The first-order valence-electron chi connectivity index (χ1n) is 10.8. The second-order valence-corrected chi connectivity index (χ2v) is 8.52. The van der Waals surface area contributed by atoms with E-state index in [1.54, 1.807) is 6.92 Å². The van der Waals surface area contributed by atoms with Gasteiger partial charge in [0.15, 0.2) is 11.2 Å². The van der Waals surface area contributed by atoms with Gasteiger partial charge in [-0.2, -0.15) is 0 Å². The summed E-state index contributed by atoms with van der Waals surface area (Å²) in [7, 11) is 0. The molecule has 1 unspecified atom stereocenters. The van der Waals surface area contributed by atoms with E-state index in [1.807, 2.05) is 60.7 Å². The van der Waals surface area contributed by atoms with Crippen molar-refractivity contribution in [1.82, 2.24) is 4.98 Å². The molecule has 5 nitrogen and oxygen atoms in total. The van der Waals surface area contributed by atoms with Crippen LogP contribution in [0.1, 0.15) is 26.7 Å². The molecule has 0 radical (unpaired) electrons. The number of benzene rings is 3. The molecule has 1 amide bonds. The van der Waals surface area contributed by atoms with Gasteiger partial charge in [0.05, 0.1) is 16.8 Å². The lowest BCUT2D eigenvalue weighted by molar-refractivity contribution is -0.122. The van der Waals surface area contributed by atoms with Gasteiger partial charge in [-0.15, -0.1) is 0 Å². The molecule has 4 rings (SSSR count). The zero-order valence-corrected chi connectivity index (χ0v) is 19.0. The normalized spacial score (nSPS) is 11.8. The van der Waals surface area contributed by atoms with Crippen molar-refractivity contribution in [3.63, 3.8) is 0 Å². The average Bonchev–Trinajstić information content (AvgIpc) is 3.22. The van der Waals surface area contributed by atoms with Crippen molar-refractivity contribution in [2.75, 3.05) is 11.9 Å². The van der Waals surface area contributed by atoms with Crippen LogP contribution in [-0.4, -0.2) is 23.6 Å². The van der Waals surface area contributed by atoms with Crippen molar-refractivity contribution in [2.45, 2.75) is 32.8 Å². The number of ether oxygens (including phenoxy) is 2. The van der Waals surface area contributed by atoms with E-state index in [1.165, 1.54) is 11.3 Å². The zero-order valence-electron chi connectivity index (χ0n) is 18.2. The average molecular weight is 447 g/mol. The van der Waals surface area contributed by atoms with Crippen LogP contribution in [0, 0.1) is 0 Å². The topological polar surface area (TPSA) is 60.5 Å². The minimum atomic E-state index is -0.655. The third-order valence-electron chi connectivity index (χ3n) is 5.00. The smallest absolute Gasteiger partial charge is 0.266 e. The fraction of sp³-hybridized carbons (Fsp3) is 0.231. The van der Waals surface area contributed by atoms with Gasteiger partial charge in [-0.1, -0.05) is 67.1 Å². The molecule has 0 spiro atoms. The number of aromatic nitrogens is 1. The SMILES string of the molecule is CCCCOc1ccc2nc(NC(=O)C(C)Oc3ccc(-c4ccccc4)cc3)sc2c1. The third-order valence-corrected chi connectivity index (χ3v) is 5.93. The number of nitrogens with zero attached hydrogens (tertiary/aromatic N) is 1. The Hall–Kier alpha value is -3.38. The van der Waals surface area contributed by atoms with Gasteiger partial charge in [-0.3, -0.25) is 10.1 Å². The summed E-state index contributed by atoms with van der Waals surface area (Å²) in [6.07, 6.45) is 1.46. The van der Waals surface area contributed by atoms with E-state index in [2.05, 4.69) is 29.4 Å². The fourth-order valence-corrected chi connectivity index (χ4v) is 4.10. The minimum absolute atomic E-state index is 0.240. The molecule has 0 fully saturated rings. The summed E-state index contributed by atoms with van der Waals surface area (Å²) < 4.78 is 12.6. The molecule has 32 heavy (non-hydrogen) atoms. The summed E-state index contributed by atoms with van der Waals surface area (Å²) in [6.45, 7) is 4.56. The van der Waals surface area contributed by atoms with Crippen LogP contribution in [0.5, 0.6) is 11.5 Å². The second-order valence-electron chi connectivity index (χ2n) is 7.49. The van der Waals surface area contributed by atoms with Crippen molar-refractivity contribution in [3.05, 3.63) is 72.8 Å². The van der Waals surface area contributed by atoms with Crippen LogP contribution in [-0.2, 0) is 4.79 Å². The largest absolute Gasteiger partial charge is 0.494 e. The number of amides is 1. The lowest BCUT2D eigenvalue weighted by Crippen LogP contribution is -2.30. The molecule has 3 aromatic carbocycles. The van der Waals surface area contributed by atoms with Gasteiger partial charge < -0.3 is 9.47 Å². The number of thiazole rings is 1. The lowest BCUT2D eigenvalue weighted by atomic mass is 10.1. The Kier molecular flexibility index (Phi) is 7.02. The highest BCUT2D eigenvalue weighted by Crippen LogP contribution is 2.30. The summed E-state index contributed by atoms with van der Waals surface area (Å²) in [4.78, 5) is 17.1. The van der Waals surface area contributed by atoms with Gasteiger partial charge >= 0.3 is 0 Å². The lowest BCUT2D eigenvalue weighted by Gasteiger charge is -2.14. The van der Waals surface area contributed by atoms with Gasteiger partial charge in [-0.05, 0) is 54.8 Å². The maximum atomic E-state index is 12.6. The number of hydrogen-bond donors (Lipinski definition) is 1. The first-order chi connectivity index (χ1) is 15.6. The molecular formula is C26H26N2O3S. The van der Waals surface area contributed by atoms with Crippen LogP contribution in [0.3, 0.4) is 0 Å². The number of unbranched alkanes of at least 4 members (excludes halogenated alkanes) is 1. The highest BCUT2D eigenvalue weighted by Gasteiger charge is 2.17. The molecular weight excluding hydrogens is 420 g/mol. The van der Waals surface area contributed by atoms with Gasteiger partial charge in [0, 0.05) is 0 Å². The molecule has 1 heterocycles. The fourth-order valence-electron chi connectivity index (χ4n) is 3.20. The Morgan fingerprint density at radius 3 is 2.47 bits per heavy atom. The predicted molar refractivity (Wildman–Crippen MR) is 131 cm³/mol. The highest BCUT2D eigenvalue weighted by atomic mass is 32.1. The van der Waals surface area contributed by atoms with Gasteiger partial charge in [0.25, 0.3) is 5.91 Å². The van der Waals surface area contributed by atoms with E-state index in [4.69, 9.17) is 9.47 Å². The number of rotatable bonds is 9. The highest BCUT2D eigenvalue weighted by molar-refractivity contribution is 7.22. The Labute approximate surface area is 192 Å². The van der Waals surface area contributed by atoms with Crippen LogP contribution >= 0.6 is 11.3 Å². The molecule has 0 aliphatic rings. The van der Waals surface area contributed by atoms with Crippen LogP contribution in [0.4, 0.5) is 5.13 Å². The van der Waals surface area contributed by atoms with Crippen molar-refractivity contribution in [3.8, 4) is 22.6 Å². The molecule has 0 saturated carbocycles. The number of carbonyl (C=O) groups excluding carboxylic acids is 1. The Bertz CT molecular complexity index is 1170. The van der Waals surface area contributed by atoms with Gasteiger partial charge in [0.1, 0.15) is 11.5 Å². The van der Waals surface area contributed by atoms with E-state index >= 15 is 0 Å². The molecule has 0 bridgehead atoms. The number of nitrogens with one attached hydrogen (secondary N) is 1. The number of fused-ring (bicyclic) bond motifs is 1. The Morgan fingerprint density at radius 1 is 1.00 bits per heavy atom. The first kappa shape index (κ1) is 21.8. The number of anilines is 1. The van der Waals surface area contributed by atoms with E-state index in [9.17, 15) is 4.79 Å². The summed E-state index contributed by atoms with van der Waals surface area (Å²) in [6, 6.07) is 23.7. The number of carbonyl (C=O) groups is 1. The first-order valence-corrected chi connectivity index (χ1v) is 11.6. The number of hydrogen-bond acceptors (Lipinski definition) is 5. The monoisotopic (exact) mass is 446 g/mol. The zero-order chi connectivity index (χ0) is 22.3. The Balaban J connectivity index is 1.36. The minimum Gasteiger partial charge on any atom is -0.494 e. The van der Waals surface area contributed by atoms with E-state index in [0.29, 0.717) is 17.5 Å². The second kappa shape index (κ2) is 10.3. The van der Waals surface area contributed by atoms with E-state index in [0.717, 1.165) is 39.9 Å². The van der Waals surface area contributed by atoms with Gasteiger partial charge in [-0.25, -0.2) is 4.98 Å². The van der Waals surface area contributed by atoms with E-state index < -0.39 is 6.10 Å². The van der Waals surface area contributed by atoms with Crippen LogP contribution in [0.2, 0.25) is 0 Å². The van der Waals surface area contributed by atoms with Crippen LogP contribution in [0.25, 0.3) is 21.3 Å². The molecule has 6 heteroatoms. The third kappa shape index (κ3) is 5.45. The predicted octanol–water partition coefficient (Wildman–Crippen LogP) is 6.55. The summed E-state index contributed by atoms with van der Waals surface area (Å²) in [5.74, 6) is 1.23. The molecule has 0 aliphatic carbocycles. The summed E-state index contributed by atoms with van der Waals surface area (Å²) >= 11 is 1.42. The molecule has 0 saturated heterocycles. The summed E-state index contributed by atoms with van der Waals surface area (Å²) in [5, 5.41) is 3.41. The maximum Gasteiger partial charge on any atom is 0.266 e. The van der Waals surface area contributed by atoms with Crippen molar-refractivity contribution in [1.29, 1.82) is 0 Å². The van der Waals surface area contributed by atoms with Gasteiger partial charge in [0.2, 0.25) is 0 Å². The molecule has 1 N–H and O–H groups in total. The molecule has 1 aromatic heterocycles. The maximum absolute atomic E-state index is 12.6. The van der Waals surface area contributed by atoms with E-state index in [-0.39, 0.29) is 5.91 Å². The molecule has 164 valence electrons. The van der Waals surface area contributed by atoms with Crippen LogP contribution in [0.15, 0.2) is 72.8 Å². The van der Waals surface area contributed by atoms with Crippen molar-refractivity contribution >= 4 is 32.6 Å².